The molecule has 9 heteroatoms. The summed E-state index contributed by atoms with van der Waals surface area (Å²) in [4.78, 5) is 12.6. The minimum Gasteiger partial charge on any atom is -0.485 e. The van der Waals surface area contributed by atoms with Gasteiger partial charge in [-0.2, -0.15) is 5.10 Å². The lowest BCUT2D eigenvalue weighted by Gasteiger charge is -2.10. The van der Waals surface area contributed by atoms with Gasteiger partial charge in [0.05, 0.1) is 6.54 Å². The third-order valence-corrected chi connectivity index (χ3v) is 5.61. The number of aromatic nitrogens is 2. The van der Waals surface area contributed by atoms with E-state index in [1.807, 2.05) is 32.0 Å². The van der Waals surface area contributed by atoms with Gasteiger partial charge in [-0.05, 0) is 49.2 Å². The van der Waals surface area contributed by atoms with Gasteiger partial charge in [0.2, 0.25) is 0 Å². The molecule has 1 N–H and O–H groups in total. The highest BCUT2D eigenvalue weighted by Gasteiger charge is 2.17. The second-order valence-corrected chi connectivity index (χ2v) is 8.27. The highest BCUT2D eigenvalue weighted by molar-refractivity contribution is 6.33. The van der Waals surface area contributed by atoms with E-state index in [-0.39, 0.29) is 40.3 Å². The maximum atomic E-state index is 14.0. The Kier molecular flexibility index (Phi) is 6.72. The molecular weight excluding hydrogens is 468 g/mol. The number of hydrogen-bond donors (Lipinski definition) is 1. The molecule has 2 aromatic heterocycles. The van der Waals surface area contributed by atoms with Gasteiger partial charge in [0.25, 0.3) is 5.91 Å². The Morgan fingerprint density at radius 2 is 1.82 bits per heavy atom. The molecule has 0 aliphatic carbocycles. The number of para-hydroxylation sites is 1. The van der Waals surface area contributed by atoms with Gasteiger partial charge in [-0.15, -0.1) is 0 Å². The molecule has 0 bridgehead atoms. The number of carbonyl (C=O) groups excluding carboxylic acids is 1. The van der Waals surface area contributed by atoms with Crippen LogP contribution in [0.25, 0.3) is 0 Å². The van der Waals surface area contributed by atoms with Crippen molar-refractivity contribution in [2.45, 2.75) is 27.0 Å². The molecule has 0 radical (unpaired) electrons. The lowest BCUT2D eigenvalue weighted by molar-refractivity contribution is 0.0992. The summed E-state index contributed by atoms with van der Waals surface area (Å²) in [7, 11) is 0. The smallest absolute Gasteiger partial charge is 0.292 e. The molecular formula is C24H20Cl2FN3O3. The molecule has 0 fully saturated rings. The van der Waals surface area contributed by atoms with Crippen LogP contribution in [-0.2, 0) is 13.2 Å². The fourth-order valence-corrected chi connectivity index (χ4v) is 3.75. The molecule has 2 heterocycles. The Morgan fingerprint density at radius 3 is 2.55 bits per heavy atom. The van der Waals surface area contributed by atoms with Gasteiger partial charge in [-0.1, -0.05) is 47.5 Å². The monoisotopic (exact) mass is 487 g/mol. The van der Waals surface area contributed by atoms with Crippen LogP contribution in [0.5, 0.6) is 5.75 Å². The van der Waals surface area contributed by atoms with E-state index in [4.69, 9.17) is 32.4 Å². The van der Waals surface area contributed by atoms with Crippen molar-refractivity contribution in [1.29, 1.82) is 0 Å². The van der Waals surface area contributed by atoms with Gasteiger partial charge in [-0.3, -0.25) is 9.48 Å². The third-order valence-electron chi connectivity index (χ3n) is 4.98. The molecule has 4 rings (SSSR count). The number of halogens is 3. The summed E-state index contributed by atoms with van der Waals surface area (Å²) in [6.45, 7) is 4.16. The molecule has 0 aliphatic rings. The first kappa shape index (κ1) is 22.9. The van der Waals surface area contributed by atoms with E-state index in [2.05, 4.69) is 10.4 Å². The highest BCUT2D eigenvalue weighted by atomic mass is 35.5. The van der Waals surface area contributed by atoms with Crippen LogP contribution in [0, 0.1) is 19.7 Å². The number of ether oxygens (including phenoxy) is 1. The van der Waals surface area contributed by atoms with Crippen molar-refractivity contribution >= 4 is 34.9 Å². The van der Waals surface area contributed by atoms with Crippen LogP contribution in [0.1, 0.15) is 33.0 Å². The number of nitrogens with one attached hydrogen (secondary N) is 1. The lowest BCUT2D eigenvalue weighted by Crippen LogP contribution is -2.12. The predicted octanol–water partition coefficient (Wildman–Crippen LogP) is 6.42. The zero-order chi connectivity index (χ0) is 23.5. The van der Waals surface area contributed by atoms with E-state index in [0.29, 0.717) is 5.76 Å². The van der Waals surface area contributed by atoms with Crippen LogP contribution in [0.2, 0.25) is 10.0 Å². The lowest BCUT2D eigenvalue weighted by atomic mass is 10.1. The van der Waals surface area contributed by atoms with Gasteiger partial charge in [-0.25, -0.2) is 4.39 Å². The van der Waals surface area contributed by atoms with Gasteiger partial charge >= 0.3 is 0 Å². The molecule has 0 aliphatic heterocycles. The quantitative estimate of drug-likeness (QED) is 0.326. The maximum absolute atomic E-state index is 14.0. The Hall–Kier alpha value is -3.29. The van der Waals surface area contributed by atoms with E-state index in [1.165, 1.54) is 23.0 Å². The number of benzene rings is 2. The first-order chi connectivity index (χ1) is 15.8. The highest BCUT2D eigenvalue weighted by Crippen LogP contribution is 2.26. The van der Waals surface area contributed by atoms with Gasteiger partial charge in [0.15, 0.2) is 11.6 Å². The molecule has 6 nitrogen and oxygen atoms in total. The summed E-state index contributed by atoms with van der Waals surface area (Å²) < 4.78 is 26.9. The number of nitrogens with zero attached hydrogens (tertiary/aromatic N) is 2. The molecule has 0 atom stereocenters. The number of hydrogen-bond acceptors (Lipinski definition) is 4. The summed E-state index contributed by atoms with van der Waals surface area (Å²) in [6.07, 6.45) is 1.48. The zero-order valence-electron chi connectivity index (χ0n) is 17.9. The summed E-state index contributed by atoms with van der Waals surface area (Å²) >= 11 is 12.3. The molecule has 1 amide bonds. The van der Waals surface area contributed by atoms with Crippen LogP contribution in [0.15, 0.2) is 59.1 Å². The molecule has 4 aromatic rings. The van der Waals surface area contributed by atoms with E-state index < -0.39 is 11.7 Å². The van der Waals surface area contributed by atoms with Gasteiger partial charge < -0.3 is 14.5 Å². The van der Waals surface area contributed by atoms with Gasteiger partial charge in [0, 0.05) is 16.8 Å². The van der Waals surface area contributed by atoms with Crippen LogP contribution >= 0.6 is 23.2 Å². The average molecular weight is 488 g/mol. The molecule has 0 unspecified atom stereocenters. The minimum absolute atomic E-state index is 0.0572. The number of rotatable bonds is 7. The number of carbonyl (C=O) groups is 1. The van der Waals surface area contributed by atoms with Crippen molar-refractivity contribution in [2.24, 2.45) is 0 Å². The predicted molar refractivity (Wildman–Crippen MR) is 125 cm³/mol. The summed E-state index contributed by atoms with van der Waals surface area (Å²) in [5, 5.41) is 7.29. The minimum atomic E-state index is -0.524. The normalized spacial score (nSPS) is 10.9. The number of aryl methyl sites for hydroxylation is 2. The Morgan fingerprint density at radius 1 is 1.09 bits per heavy atom. The molecule has 0 saturated heterocycles. The fourth-order valence-electron chi connectivity index (χ4n) is 3.32. The Labute approximate surface area is 199 Å². The van der Waals surface area contributed by atoms with Crippen molar-refractivity contribution in [3.05, 3.63) is 98.8 Å². The van der Waals surface area contributed by atoms with Crippen molar-refractivity contribution in [2.75, 3.05) is 5.32 Å². The van der Waals surface area contributed by atoms with Gasteiger partial charge in [0.1, 0.15) is 29.0 Å². The van der Waals surface area contributed by atoms with Crippen molar-refractivity contribution < 1.29 is 18.3 Å². The van der Waals surface area contributed by atoms with Crippen LogP contribution in [0.3, 0.4) is 0 Å². The van der Waals surface area contributed by atoms with Crippen molar-refractivity contribution in [3.8, 4) is 5.75 Å². The van der Waals surface area contributed by atoms with Crippen LogP contribution in [-0.4, -0.2) is 15.7 Å². The number of anilines is 1. The third kappa shape index (κ3) is 5.21. The number of amides is 1. The Balaban J connectivity index is 1.41. The molecule has 0 saturated carbocycles. The van der Waals surface area contributed by atoms with Crippen LogP contribution < -0.4 is 10.1 Å². The van der Waals surface area contributed by atoms with E-state index in [0.717, 1.165) is 16.9 Å². The first-order valence-electron chi connectivity index (χ1n) is 10.1. The second kappa shape index (κ2) is 9.68. The summed E-state index contributed by atoms with van der Waals surface area (Å²) in [5.74, 6) is 0.507. The second-order valence-electron chi connectivity index (χ2n) is 7.45. The largest absolute Gasteiger partial charge is 0.485 e. The molecule has 2 aromatic carbocycles. The topological polar surface area (TPSA) is 69.3 Å². The summed E-state index contributed by atoms with van der Waals surface area (Å²) in [6, 6.07) is 13.5. The van der Waals surface area contributed by atoms with Crippen LogP contribution in [0.4, 0.5) is 10.2 Å². The van der Waals surface area contributed by atoms with E-state index in [1.54, 1.807) is 18.2 Å². The van der Waals surface area contributed by atoms with Crippen molar-refractivity contribution in [3.63, 3.8) is 0 Å². The standard InChI is InChI=1S/C24H20Cl2FN3O3/c1-14-5-3-6-15(2)22(14)32-13-16-9-10-21(33-16)24(31)28-23-19(26)12-30(29-23)11-17-18(25)7-4-8-20(17)27/h3-10,12H,11,13H2,1-2H3,(H,28,29,31). The van der Waals surface area contributed by atoms with E-state index in [9.17, 15) is 9.18 Å². The molecule has 170 valence electrons. The summed E-state index contributed by atoms with van der Waals surface area (Å²) in [5.41, 5.74) is 2.30. The van der Waals surface area contributed by atoms with E-state index >= 15 is 0 Å². The SMILES string of the molecule is Cc1cccc(C)c1OCc1ccc(C(=O)Nc2nn(Cc3c(F)cccc3Cl)cc2Cl)o1. The fraction of sp³-hybridized carbons (Fsp3) is 0.167. The average Bonchev–Trinajstić information content (AvgIpc) is 3.37. The molecule has 33 heavy (non-hydrogen) atoms. The Bertz CT molecular complexity index is 1280. The molecule has 0 spiro atoms. The first-order valence-corrected chi connectivity index (χ1v) is 10.8. The number of furan rings is 1. The van der Waals surface area contributed by atoms with Crippen molar-refractivity contribution in [1.82, 2.24) is 9.78 Å². The maximum Gasteiger partial charge on any atom is 0.292 e. The zero-order valence-corrected chi connectivity index (χ0v) is 19.4.